The molecule has 22 heavy (non-hydrogen) atoms. The van der Waals surface area contributed by atoms with E-state index >= 15 is 0 Å². The first-order valence-corrected chi connectivity index (χ1v) is 7.60. The van der Waals surface area contributed by atoms with Gasteiger partial charge in [0.25, 0.3) is 0 Å². The molecule has 2 N–H and O–H groups in total. The van der Waals surface area contributed by atoms with Gasteiger partial charge in [0.2, 0.25) is 0 Å². The maximum absolute atomic E-state index is 9.98. The van der Waals surface area contributed by atoms with Crippen LogP contribution in [0.2, 0.25) is 0 Å². The quantitative estimate of drug-likeness (QED) is 0.850. The third-order valence-electron chi connectivity index (χ3n) is 4.89. The van der Waals surface area contributed by atoms with Gasteiger partial charge < -0.3 is 14.9 Å². The molecule has 4 rings (SSSR count). The third-order valence-corrected chi connectivity index (χ3v) is 4.89. The van der Waals surface area contributed by atoms with Crippen LogP contribution in [-0.2, 0) is 19.4 Å². The van der Waals surface area contributed by atoms with Crippen molar-refractivity contribution in [2.24, 2.45) is 0 Å². The van der Waals surface area contributed by atoms with Crippen LogP contribution in [0, 0.1) is 0 Å². The Hall–Kier alpha value is -2.20. The first-order chi connectivity index (χ1) is 10.7. The van der Waals surface area contributed by atoms with Gasteiger partial charge in [0.15, 0.2) is 11.5 Å². The molecule has 0 amide bonds. The van der Waals surface area contributed by atoms with Gasteiger partial charge in [0.05, 0.1) is 7.11 Å². The molecule has 114 valence electrons. The van der Waals surface area contributed by atoms with Crippen molar-refractivity contribution in [3.8, 4) is 17.2 Å². The second-order valence-electron chi connectivity index (χ2n) is 6.12. The van der Waals surface area contributed by atoms with E-state index in [0.29, 0.717) is 17.5 Å². The van der Waals surface area contributed by atoms with E-state index in [4.69, 9.17) is 4.74 Å². The van der Waals surface area contributed by atoms with E-state index in [1.54, 1.807) is 13.2 Å². The van der Waals surface area contributed by atoms with Crippen molar-refractivity contribution in [1.29, 1.82) is 0 Å². The lowest BCUT2D eigenvalue weighted by molar-refractivity contribution is 0.160. The molecule has 2 aliphatic rings. The molecule has 0 fully saturated rings. The summed E-state index contributed by atoms with van der Waals surface area (Å²) >= 11 is 0. The van der Waals surface area contributed by atoms with Crippen LogP contribution in [0.5, 0.6) is 17.2 Å². The summed E-state index contributed by atoms with van der Waals surface area (Å²) in [6.07, 6.45) is 1.86. The Morgan fingerprint density at radius 3 is 2.77 bits per heavy atom. The highest BCUT2D eigenvalue weighted by Gasteiger charge is 2.32. The topological polar surface area (TPSA) is 52.9 Å². The van der Waals surface area contributed by atoms with E-state index in [2.05, 4.69) is 4.90 Å². The highest BCUT2D eigenvalue weighted by Crippen LogP contribution is 2.42. The number of hydrogen-bond donors (Lipinski definition) is 2. The molecule has 2 aromatic rings. The first kappa shape index (κ1) is 13.5. The van der Waals surface area contributed by atoms with Gasteiger partial charge in [0, 0.05) is 19.1 Å². The minimum absolute atomic E-state index is 0.218. The lowest BCUT2D eigenvalue weighted by Gasteiger charge is -2.41. The van der Waals surface area contributed by atoms with Gasteiger partial charge in [0.1, 0.15) is 5.75 Å². The Labute approximate surface area is 129 Å². The van der Waals surface area contributed by atoms with E-state index in [1.807, 2.05) is 24.3 Å². The molecule has 0 aliphatic carbocycles. The predicted octanol–water partition coefficient (Wildman–Crippen LogP) is 2.76. The average Bonchev–Trinajstić information content (AvgIpc) is 2.52. The summed E-state index contributed by atoms with van der Waals surface area (Å²) in [4.78, 5) is 2.45. The molecule has 0 bridgehead atoms. The van der Waals surface area contributed by atoms with Crippen molar-refractivity contribution >= 4 is 0 Å². The molecule has 4 heteroatoms. The minimum Gasteiger partial charge on any atom is -0.508 e. The van der Waals surface area contributed by atoms with E-state index in [0.717, 1.165) is 25.9 Å². The van der Waals surface area contributed by atoms with Crippen molar-refractivity contribution in [3.05, 3.63) is 52.6 Å². The Morgan fingerprint density at radius 2 is 1.95 bits per heavy atom. The maximum atomic E-state index is 9.98. The molecule has 0 saturated carbocycles. The van der Waals surface area contributed by atoms with Gasteiger partial charge in [-0.25, -0.2) is 0 Å². The zero-order valence-electron chi connectivity index (χ0n) is 12.5. The van der Waals surface area contributed by atoms with Crippen LogP contribution in [0.15, 0.2) is 30.3 Å². The van der Waals surface area contributed by atoms with Crippen LogP contribution in [0.1, 0.15) is 28.3 Å². The number of benzene rings is 2. The summed E-state index contributed by atoms with van der Waals surface area (Å²) in [6.45, 7) is 1.83. The Balaban J connectivity index is 1.77. The summed E-state index contributed by atoms with van der Waals surface area (Å²) in [7, 11) is 1.58. The molecule has 0 unspecified atom stereocenters. The van der Waals surface area contributed by atoms with Crippen molar-refractivity contribution in [2.45, 2.75) is 25.4 Å². The largest absolute Gasteiger partial charge is 0.508 e. The van der Waals surface area contributed by atoms with Gasteiger partial charge in [-0.3, -0.25) is 4.90 Å². The summed E-state index contributed by atoms with van der Waals surface area (Å²) in [5, 5.41) is 19.7. The summed E-state index contributed by atoms with van der Waals surface area (Å²) < 4.78 is 5.27. The first-order valence-electron chi connectivity index (χ1n) is 7.60. The number of rotatable bonds is 1. The third kappa shape index (κ3) is 2.03. The normalized spacial score (nSPS) is 20.0. The number of phenols is 2. The van der Waals surface area contributed by atoms with Gasteiger partial charge in [-0.05, 0) is 59.4 Å². The lowest BCUT2D eigenvalue weighted by Crippen LogP contribution is -2.39. The molecular weight excluding hydrogens is 278 g/mol. The second kappa shape index (κ2) is 4.92. The predicted molar refractivity (Wildman–Crippen MR) is 83.3 cm³/mol. The standard InChI is InChI=1S/C18H19NO3/c1-22-18-9-15-12(8-17(18)21)4-5-19-10-13-6-14(20)3-2-11(13)7-16(15)19/h2-3,6,8-9,16,20-21H,4-5,7,10H2,1H3/t16-/m0/s1. The van der Waals surface area contributed by atoms with Crippen molar-refractivity contribution in [1.82, 2.24) is 4.90 Å². The molecule has 0 spiro atoms. The maximum Gasteiger partial charge on any atom is 0.160 e. The Bertz CT molecular complexity index is 741. The molecule has 2 aromatic carbocycles. The lowest BCUT2D eigenvalue weighted by atomic mass is 9.84. The highest BCUT2D eigenvalue weighted by atomic mass is 16.5. The molecule has 0 aromatic heterocycles. The monoisotopic (exact) mass is 297 g/mol. The molecule has 0 radical (unpaired) electrons. The van der Waals surface area contributed by atoms with Crippen LogP contribution in [0.3, 0.4) is 0 Å². The van der Waals surface area contributed by atoms with Gasteiger partial charge in [-0.1, -0.05) is 6.07 Å². The number of aromatic hydroxyl groups is 2. The molecular formula is C18H19NO3. The van der Waals surface area contributed by atoms with Gasteiger partial charge >= 0.3 is 0 Å². The zero-order valence-corrected chi connectivity index (χ0v) is 12.5. The number of methoxy groups -OCH3 is 1. The fourth-order valence-corrected chi connectivity index (χ4v) is 3.75. The second-order valence-corrected chi connectivity index (χ2v) is 6.12. The van der Waals surface area contributed by atoms with Crippen LogP contribution in [-0.4, -0.2) is 28.8 Å². The summed E-state index contributed by atoms with van der Waals surface area (Å²) in [5.74, 6) is 1.09. The fraction of sp³-hybridized carbons (Fsp3) is 0.333. The van der Waals surface area contributed by atoms with Crippen LogP contribution < -0.4 is 4.74 Å². The van der Waals surface area contributed by atoms with Crippen LogP contribution in [0.25, 0.3) is 0 Å². The Kier molecular flexibility index (Phi) is 3.01. The molecule has 2 heterocycles. The molecule has 4 nitrogen and oxygen atoms in total. The Morgan fingerprint density at radius 1 is 1.09 bits per heavy atom. The summed E-state index contributed by atoms with van der Waals surface area (Å²) in [6, 6.07) is 9.79. The smallest absolute Gasteiger partial charge is 0.160 e. The molecule has 1 atom stereocenters. The van der Waals surface area contributed by atoms with Crippen LogP contribution >= 0.6 is 0 Å². The minimum atomic E-state index is 0.218. The number of fused-ring (bicyclic) bond motifs is 4. The number of hydrogen-bond acceptors (Lipinski definition) is 4. The SMILES string of the molecule is COc1cc2c(cc1O)CCN1Cc3cc(O)ccc3C[C@@H]21. The number of phenolic OH excluding ortho intramolecular Hbond substituents is 2. The van der Waals surface area contributed by atoms with Gasteiger partial charge in [-0.2, -0.15) is 0 Å². The van der Waals surface area contributed by atoms with Crippen molar-refractivity contribution < 1.29 is 14.9 Å². The van der Waals surface area contributed by atoms with E-state index < -0.39 is 0 Å². The zero-order chi connectivity index (χ0) is 15.3. The fourth-order valence-electron chi connectivity index (χ4n) is 3.75. The number of nitrogens with zero attached hydrogens (tertiary/aromatic N) is 1. The van der Waals surface area contributed by atoms with Gasteiger partial charge in [-0.15, -0.1) is 0 Å². The molecule has 0 saturated heterocycles. The van der Waals surface area contributed by atoms with E-state index in [-0.39, 0.29) is 5.75 Å². The van der Waals surface area contributed by atoms with Crippen molar-refractivity contribution in [3.63, 3.8) is 0 Å². The van der Waals surface area contributed by atoms with Crippen LogP contribution in [0.4, 0.5) is 0 Å². The highest BCUT2D eigenvalue weighted by molar-refractivity contribution is 5.50. The average molecular weight is 297 g/mol. The van der Waals surface area contributed by atoms with Crippen molar-refractivity contribution in [2.75, 3.05) is 13.7 Å². The summed E-state index contributed by atoms with van der Waals surface area (Å²) in [5.41, 5.74) is 4.96. The van der Waals surface area contributed by atoms with E-state index in [1.165, 1.54) is 22.3 Å². The van der Waals surface area contributed by atoms with E-state index in [9.17, 15) is 10.2 Å². The molecule has 2 aliphatic heterocycles. The number of ether oxygens (including phenoxy) is 1.